The van der Waals surface area contributed by atoms with Crippen molar-refractivity contribution < 1.29 is 5.11 Å². The maximum absolute atomic E-state index is 9.19. The van der Waals surface area contributed by atoms with E-state index in [0.717, 1.165) is 18.7 Å². The number of nitrogens with one attached hydrogen (secondary N) is 1. The van der Waals surface area contributed by atoms with E-state index in [2.05, 4.69) is 24.3 Å². The van der Waals surface area contributed by atoms with Crippen molar-refractivity contribution in [3.8, 4) is 0 Å². The first kappa shape index (κ1) is 12.2. The van der Waals surface area contributed by atoms with Gasteiger partial charge in [0.25, 0.3) is 0 Å². The first-order valence-electron chi connectivity index (χ1n) is 5.44. The molecule has 15 heavy (non-hydrogen) atoms. The summed E-state index contributed by atoms with van der Waals surface area (Å²) in [5.41, 5.74) is 1.14. The van der Waals surface area contributed by atoms with E-state index in [1.807, 2.05) is 17.8 Å². The van der Waals surface area contributed by atoms with Gasteiger partial charge in [0.2, 0.25) is 0 Å². The monoisotopic (exact) mass is 211 g/mol. The van der Waals surface area contributed by atoms with E-state index in [1.165, 1.54) is 0 Å². The van der Waals surface area contributed by atoms with Crippen LogP contribution in [0.1, 0.15) is 26.0 Å². The smallest absolute Gasteiger partial charge is 0.0584 e. The number of aliphatic hydroxyl groups excluding tert-OH is 1. The molecule has 4 nitrogen and oxygen atoms in total. The average molecular weight is 211 g/mol. The molecular formula is C11H21N3O. The molecule has 1 unspecified atom stereocenters. The van der Waals surface area contributed by atoms with Gasteiger partial charge in [-0.05, 0) is 18.4 Å². The molecule has 1 aromatic rings. The van der Waals surface area contributed by atoms with E-state index in [-0.39, 0.29) is 12.6 Å². The topological polar surface area (TPSA) is 50.1 Å². The van der Waals surface area contributed by atoms with Crippen molar-refractivity contribution in [2.75, 3.05) is 6.61 Å². The van der Waals surface area contributed by atoms with Crippen LogP contribution in [-0.2, 0) is 13.6 Å². The Labute approximate surface area is 91.3 Å². The fraction of sp³-hybridized carbons (Fsp3) is 0.727. The van der Waals surface area contributed by atoms with Gasteiger partial charge in [-0.2, -0.15) is 5.10 Å². The molecule has 0 spiro atoms. The van der Waals surface area contributed by atoms with Gasteiger partial charge in [0.1, 0.15) is 0 Å². The number of aromatic nitrogens is 2. The molecule has 0 aliphatic heterocycles. The summed E-state index contributed by atoms with van der Waals surface area (Å²) in [6.07, 6.45) is 2.78. The Morgan fingerprint density at radius 1 is 1.53 bits per heavy atom. The summed E-state index contributed by atoms with van der Waals surface area (Å²) in [5, 5.41) is 16.6. The standard InChI is InChI=1S/C11H21N3O/c1-9(2)6-10(8-15)12-7-11-4-5-13-14(11)3/h4-5,9-10,12,15H,6-8H2,1-3H3. The number of hydrogen-bond acceptors (Lipinski definition) is 3. The Morgan fingerprint density at radius 3 is 2.73 bits per heavy atom. The molecular weight excluding hydrogens is 190 g/mol. The second-order valence-electron chi connectivity index (χ2n) is 4.34. The summed E-state index contributed by atoms with van der Waals surface area (Å²) in [6, 6.07) is 2.16. The van der Waals surface area contributed by atoms with Crippen LogP contribution in [0.25, 0.3) is 0 Å². The first-order chi connectivity index (χ1) is 7.13. The van der Waals surface area contributed by atoms with Crippen LogP contribution in [0.2, 0.25) is 0 Å². The first-order valence-corrected chi connectivity index (χ1v) is 5.44. The van der Waals surface area contributed by atoms with Crippen LogP contribution in [0, 0.1) is 5.92 Å². The molecule has 0 radical (unpaired) electrons. The van der Waals surface area contributed by atoms with Crippen molar-refractivity contribution >= 4 is 0 Å². The second kappa shape index (κ2) is 5.88. The zero-order chi connectivity index (χ0) is 11.3. The average Bonchev–Trinajstić information content (AvgIpc) is 2.58. The minimum Gasteiger partial charge on any atom is -0.395 e. The van der Waals surface area contributed by atoms with E-state index in [4.69, 9.17) is 0 Å². The number of aryl methyl sites for hydroxylation is 1. The molecule has 0 aromatic carbocycles. The van der Waals surface area contributed by atoms with Crippen LogP contribution in [0.4, 0.5) is 0 Å². The summed E-state index contributed by atoms with van der Waals surface area (Å²) in [4.78, 5) is 0. The lowest BCUT2D eigenvalue weighted by Crippen LogP contribution is -2.33. The highest BCUT2D eigenvalue weighted by molar-refractivity contribution is 4.99. The number of aliphatic hydroxyl groups is 1. The van der Waals surface area contributed by atoms with Gasteiger partial charge < -0.3 is 10.4 Å². The van der Waals surface area contributed by atoms with Crippen LogP contribution in [0.5, 0.6) is 0 Å². The maximum atomic E-state index is 9.19. The predicted octanol–water partition coefficient (Wildman–Crippen LogP) is 0.917. The van der Waals surface area contributed by atoms with Crippen molar-refractivity contribution in [1.29, 1.82) is 0 Å². The lowest BCUT2D eigenvalue weighted by molar-refractivity contribution is 0.222. The molecule has 0 amide bonds. The van der Waals surface area contributed by atoms with Crippen molar-refractivity contribution in [1.82, 2.24) is 15.1 Å². The van der Waals surface area contributed by atoms with Crippen LogP contribution in [0.3, 0.4) is 0 Å². The highest BCUT2D eigenvalue weighted by Crippen LogP contribution is 2.05. The van der Waals surface area contributed by atoms with Crippen molar-refractivity contribution in [3.05, 3.63) is 18.0 Å². The molecule has 4 heteroatoms. The number of hydrogen-bond donors (Lipinski definition) is 2. The van der Waals surface area contributed by atoms with Crippen LogP contribution >= 0.6 is 0 Å². The molecule has 1 aromatic heterocycles. The molecule has 86 valence electrons. The Kier molecular flexibility index (Phi) is 4.78. The Hall–Kier alpha value is -0.870. The molecule has 0 bridgehead atoms. The third-order valence-corrected chi connectivity index (χ3v) is 2.47. The van der Waals surface area contributed by atoms with Gasteiger partial charge in [-0.1, -0.05) is 13.8 Å². The van der Waals surface area contributed by atoms with Crippen LogP contribution in [-0.4, -0.2) is 27.5 Å². The van der Waals surface area contributed by atoms with Gasteiger partial charge in [0.05, 0.1) is 12.3 Å². The van der Waals surface area contributed by atoms with E-state index in [1.54, 1.807) is 6.20 Å². The Bertz CT molecular complexity index is 283. The third-order valence-electron chi connectivity index (χ3n) is 2.47. The molecule has 1 rings (SSSR count). The number of rotatable bonds is 6. The molecule has 2 N–H and O–H groups in total. The SMILES string of the molecule is CC(C)CC(CO)NCc1ccnn1C. The highest BCUT2D eigenvalue weighted by atomic mass is 16.3. The van der Waals surface area contributed by atoms with Crippen molar-refractivity contribution in [2.45, 2.75) is 32.9 Å². The molecule has 0 saturated carbocycles. The molecule has 0 fully saturated rings. The lowest BCUT2D eigenvalue weighted by Gasteiger charge is -2.18. The van der Waals surface area contributed by atoms with E-state index >= 15 is 0 Å². The lowest BCUT2D eigenvalue weighted by atomic mass is 10.0. The van der Waals surface area contributed by atoms with Gasteiger partial charge in [-0.15, -0.1) is 0 Å². The zero-order valence-electron chi connectivity index (χ0n) is 9.77. The van der Waals surface area contributed by atoms with Gasteiger partial charge in [-0.25, -0.2) is 0 Å². The normalized spacial score (nSPS) is 13.4. The van der Waals surface area contributed by atoms with Crippen molar-refractivity contribution in [2.24, 2.45) is 13.0 Å². The van der Waals surface area contributed by atoms with Crippen molar-refractivity contribution in [3.63, 3.8) is 0 Å². The largest absolute Gasteiger partial charge is 0.395 e. The summed E-state index contributed by atoms with van der Waals surface area (Å²) in [5.74, 6) is 0.598. The van der Waals surface area contributed by atoms with Gasteiger partial charge in [0, 0.05) is 25.8 Å². The maximum Gasteiger partial charge on any atom is 0.0584 e. The molecule has 0 saturated heterocycles. The van der Waals surface area contributed by atoms with Gasteiger partial charge in [-0.3, -0.25) is 4.68 Å². The van der Waals surface area contributed by atoms with E-state index < -0.39 is 0 Å². The zero-order valence-corrected chi connectivity index (χ0v) is 9.77. The molecule has 0 aliphatic carbocycles. The minimum absolute atomic E-state index is 0.180. The number of nitrogens with zero attached hydrogens (tertiary/aromatic N) is 2. The fourth-order valence-electron chi connectivity index (χ4n) is 1.62. The fourth-order valence-corrected chi connectivity index (χ4v) is 1.62. The van der Waals surface area contributed by atoms with Gasteiger partial charge in [0.15, 0.2) is 0 Å². The van der Waals surface area contributed by atoms with Crippen LogP contribution < -0.4 is 5.32 Å². The second-order valence-corrected chi connectivity index (χ2v) is 4.34. The predicted molar refractivity (Wildman–Crippen MR) is 60.4 cm³/mol. The molecule has 1 atom stereocenters. The third kappa shape index (κ3) is 4.01. The highest BCUT2D eigenvalue weighted by Gasteiger charge is 2.09. The quantitative estimate of drug-likeness (QED) is 0.735. The van der Waals surface area contributed by atoms with E-state index in [9.17, 15) is 5.11 Å². The Morgan fingerprint density at radius 2 is 2.27 bits per heavy atom. The Balaban J connectivity index is 2.37. The summed E-state index contributed by atoms with van der Waals surface area (Å²) in [6.45, 7) is 5.27. The summed E-state index contributed by atoms with van der Waals surface area (Å²) in [7, 11) is 1.92. The molecule has 0 aliphatic rings. The summed E-state index contributed by atoms with van der Waals surface area (Å²) < 4.78 is 1.84. The summed E-state index contributed by atoms with van der Waals surface area (Å²) >= 11 is 0. The minimum atomic E-state index is 0.180. The van der Waals surface area contributed by atoms with E-state index in [0.29, 0.717) is 5.92 Å². The molecule has 1 heterocycles. The van der Waals surface area contributed by atoms with Crippen LogP contribution in [0.15, 0.2) is 12.3 Å². The van der Waals surface area contributed by atoms with Gasteiger partial charge >= 0.3 is 0 Å².